The van der Waals surface area contributed by atoms with E-state index in [9.17, 15) is 14.7 Å². The Labute approximate surface area is 125 Å². The fraction of sp³-hybridized carbons (Fsp3) is 0.333. The molecule has 0 radical (unpaired) electrons. The second kappa shape index (κ2) is 5.05. The summed E-state index contributed by atoms with van der Waals surface area (Å²) in [7, 11) is 0. The zero-order chi connectivity index (χ0) is 14.3. The summed E-state index contributed by atoms with van der Waals surface area (Å²) in [6, 6.07) is 7.32. The fourth-order valence-electron chi connectivity index (χ4n) is 3.29. The standard InChI is InChI=1S/C15H14BrNO3/c16-10-3-1-2-4-11(10)17-14(18)12-8-5-6-9(7-8)13(12)15(19)20/h1-6,8-9,12-13H,7H2,(H,17,18)(H,19,20)/t8-,9+,12-,13-/m0/s1. The van der Waals surface area contributed by atoms with Crippen molar-refractivity contribution >= 4 is 33.5 Å². The second-order valence-corrected chi connectivity index (χ2v) is 6.16. The summed E-state index contributed by atoms with van der Waals surface area (Å²) in [5, 5.41) is 12.2. The summed E-state index contributed by atoms with van der Waals surface area (Å²) < 4.78 is 0.791. The number of para-hydroxylation sites is 1. The van der Waals surface area contributed by atoms with Crippen molar-refractivity contribution < 1.29 is 14.7 Å². The van der Waals surface area contributed by atoms with Crippen LogP contribution >= 0.6 is 15.9 Å². The predicted molar refractivity (Wildman–Crippen MR) is 78.1 cm³/mol. The van der Waals surface area contributed by atoms with Crippen molar-refractivity contribution in [2.24, 2.45) is 23.7 Å². The highest BCUT2D eigenvalue weighted by Gasteiger charge is 2.51. The van der Waals surface area contributed by atoms with Crippen molar-refractivity contribution in [1.29, 1.82) is 0 Å². The number of carboxylic acid groups (broad SMARTS) is 1. The van der Waals surface area contributed by atoms with Crippen molar-refractivity contribution in [1.82, 2.24) is 0 Å². The average Bonchev–Trinajstić information content (AvgIpc) is 3.01. The van der Waals surface area contributed by atoms with E-state index < -0.39 is 17.8 Å². The van der Waals surface area contributed by atoms with Crippen LogP contribution in [-0.4, -0.2) is 17.0 Å². The first kappa shape index (κ1) is 13.4. The molecule has 1 amide bonds. The molecule has 2 aliphatic carbocycles. The maximum Gasteiger partial charge on any atom is 0.307 e. The van der Waals surface area contributed by atoms with Gasteiger partial charge < -0.3 is 10.4 Å². The summed E-state index contributed by atoms with van der Waals surface area (Å²) in [6.45, 7) is 0. The number of carbonyl (C=O) groups is 2. The molecule has 2 bridgehead atoms. The van der Waals surface area contributed by atoms with Crippen molar-refractivity contribution in [2.45, 2.75) is 6.42 Å². The molecule has 3 rings (SSSR count). The van der Waals surface area contributed by atoms with E-state index in [1.165, 1.54) is 0 Å². The number of allylic oxidation sites excluding steroid dienone is 2. The molecular formula is C15H14BrNO3. The van der Waals surface area contributed by atoms with Crippen molar-refractivity contribution in [3.63, 3.8) is 0 Å². The number of benzene rings is 1. The van der Waals surface area contributed by atoms with Crippen molar-refractivity contribution in [3.8, 4) is 0 Å². The summed E-state index contributed by atoms with van der Waals surface area (Å²) >= 11 is 3.37. The smallest absolute Gasteiger partial charge is 0.307 e. The zero-order valence-electron chi connectivity index (χ0n) is 10.6. The van der Waals surface area contributed by atoms with Crippen molar-refractivity contribution in [2.75, 3.05) is 5.32 Å². The number of nitrogens with one attached hydrogen (secondary N) is 1. The monoisotopic (exact) mass is 335 g/mol. The number of hydrogen-bond donors (Lipinski definition) is 2. The molecule has 20 heavy (non-hydrogen) atoms. The topological polar surface area (TPSA) is 66.4 Å². The molecule has 0 spiro atoms. The molecular weight excluding hydrogens is 322 g/mol. The number of anilines is 1. The van der Waals surface area contributed by atoms with Crippen LogP contribution in [0.1, 0.15) is 6.42 Å². The predicted octanol–water partition coefficient (Wildman–Crippen LogP) is 2.91. The third kappa shape index (κ3) is 2.16. The van der Waals surface area contributed by atoms with Crippen LogP contribution in [0.5, 0.6) is 0 Å². The van der Waals surface area contributed by atoms with E-state index in [0.29, 0.717) is 5.69 Å². The van der Waals surface area contributed by atoms with Gasteiger partial charge in [-0.25, -0.2) is 0 Å². The first-order valence-corrected chi connectivity index (χ1v) is 7.34. The lowest BCUT2D eigenvalue weighted by atomic mass is 9.82. The number of rotatable bonds is 3. The summed E-state index contributed by atoms with van der Waals surface area (Å²) in [4.78, 5) is 23.8. The molecule has 0 saturated heterocycles. The maximum atomic E-state index is 12.4. The van der Waals surface area contributed by atoms with Crippen LogP contribution < -0.4 is 5.32 Å². The highest BCUT2D eigenvalue weighted by atomic mass is 79.9. The molecule has 1 fully saturated rings. The lowest BCUT2D eigenvalue weighted by Gasteiger charge is -2.24. The van der Waals surface area contributed by atoms with Crippen LogP contribution in [0.25, 0.3) is 0 Å². The minimum absolute atomic E-state index is 0.00698. The molecule has 4 atom stereocenters. The SMILES string of the molecule is O=C(O)[C@@H]1[C@@H](C(=O)Nc2ccccc2Br)[C@H]2C=C[C@@H]1C2. The van der Waals surface area contributed by atoms with Crippen LogP contribution in [0.4, 0.5) is 5.69 Å². The van der Waals surface area contributed by atoms with E-state index in [4.69, 9.17) is 0 Å². The fourth-order valence-corrected chi connectivity index (χ4v) is 3.68. The van der Waals surface area contributed by atoms with Crippen LogP contribution in [-0.2, 0) is 9.59 Å². The molecule has 5 heteroatoms. The largest absolute Gasteiger partial charge is 0.481 e. The Morgan fingerprint density at radius 1 is 1.15 bits per heavy atom. The number of amides is 1. The van der Waals surface area contributed by atoms with Gasteiger partial charge in [0.15, 0.2) is 0 Å². The minimum Gasteiger partial charge on any atom is -0.481 e. The van der Waals surface area contributed by atoms with Gasteiger partial charge in [-0.1, -0.05) is 24.3 Å². The number of aliphatic carboxylic acids is 1. The molecule has 0 aromatic heterocycles. The van der Waals surface area contributed by atoms with E-state index in [1.54, 1.807) is 6.07 Å². The first-order valence-electron chi connectivity index (χ1n) is 6.54. The molecule has 0 unspecified atom stereocenters. The van der Waals surface area contributed by atoms with Crippen LogP contribution in [0, 0.1) is 23.7 Å². The lowest BCUT2D eigenvalue weighted by Crippen LogP contribution is -2.36. The summed E-state index contributed by atoms with van der Waals surface area (Å²) in [5.74, 6) is -2.13. The van der Waals surface area contributed by atoms with Gasteiger partial charge in [0.1, 0.15) is 0 Å². The Morgan fingerprint density at radius 2 is 1.80 bits per heavy atom. The van der Waals surface area contributed by atoms with Gasteiger partial charge in [0.2, 0.25) is 5.91 Å². The Bertz CT molecular complexity index is 599. The molecule has 2 aliphatic rings. The van der Waals surface area contributed by atoms with Gasteiger partial charge in [-0.3, -0.25) is 9.59 Å². The molecule has 104 valence electrons. The number of halogens is 1. The molecule has 2 N–H and O–H groups in total. The number of fused-ring (bicyclic) bond motifs is 2. The Hall–Kier alpha value is -1.62. The molecule has 1 saturated carbocycles. The van der Waals surface area contributed by atoms with Crippen LogP contribution in [0.2, 0.25) is 0 Å². The van der Waals surface area contributed by atoms with Crippen LogP contribution in [0.15, 0.2) is 40.9 Å². The third-order valence-electron chi connectivity index (χ3n) is 4.18. The summed E-state index contributed by atoms with van der Waals surface area (Å²) in [6.07, 6.45) is 4.69. The highest BCUT2D eigenvalue weighted by molar-refractivity contribution is 9.10. The molecule has 4 nitrogen and oxygen atoms in total. The van der Waals surface area contributed by atoms with Gasteiger partial charge >= 0.3 is 5.97 Å². The Kier molecular flexibility index (Phi) is 3.38. The number of hydrogen-bond acceptors (Lipinski definition) is 2. The molecule has 0 heterocycles. The van der Waals surface area contributed by atoms with Crippen LogP contribution in [0.3, 0.4) is 0 Å². The Morgan fingerprint density at radius 3 is 2.45 bits per heavy atom. The van der Waals surface area contributed by atoms with Gasteiger partial charge in [0.05, 0.1) is 17.5 Å². The average molecular weight is 336 g/mol. The van der Waals surface area contributed by atoms with E-state index in [-0.39, 0.29) is 17.7 Å². The molecule has 1 aromatic carbocycles. The molecule has 0 aliphatic heterocycles. The van der Waals surface area contributed by atoms with E-state index >= 15 is 0 Å². The third-order valence-corrected chi connectivity index (χ3v) is 4.87. The second-order valence-electron chi connectivity index (χ2n) is 5.31. The number of carbonyl (C=O) groups excluding carboxylic acids is 1. The summed E-state index contributed by atoms with van der Waals surface area (Å²) in [5.41, 5.74) is 0.674. The molecule has 1 aromatic rings. The van der Waals surface area contributed by atoms with E-state index in [0.717, 1.165) is 10.9 Å². The minimum atomic E-state index is -0.880. The van der Waals surface area contributed by atoms with Gasteiger partial charge in [0, 0.05) is 4.47 Å². The maximum absolute atomic E-state index is 12.4. The van der Waals surface area contributed by atoms with Gasteiger partial charge in [-0.15, -0.1) is 0 Å². The number of carboxylic acids is 1. The normalized spacial score (nSPS) is 30.4. The van der Waals surface area contributed by atoms with Gasteiger partial charge in [-0.2, -0.15) is 0 Å². The van der Waals surface area contributed by atoms with E-state index in [1.807, 2.05) is 30.4 Å². The first-order chi connectivity index (χ1) is 9.58. The van der Waals surface area contributed by atoms with E-state index in [2.05, 4.69) is 21.2 Å². The lowest BCUT2D eigenvalue weighted by molar-refractivity contribution is -0.146. The Balaban J connectivity index is 1.82. The van der Waals surface area contributed by atoms with Gasteiger partial charge in [0.25, 0.3) is 0 Å². The van der Waals surface area contributed by atoms with Gasteiger partial charge in [-0.05, 0) is 46.3 Å². The van der Waals surface area contributed by atoms with Crippen molar-refractivity contribution in [3.05, 3.63) is 40.9 Å². The zero-order valence-corrected chi connectivity index (χ0v) is 12.2. The quantitative estimate of drug-likeness (QED) is 0.834. The highest BCUT2D eigenvalue weighted by Crippen LogP contribution is 2.48.